The Labute approximate surface area is 173 Å². The highest BCUT2D eigenvalue weighted by Crippen LogP contribution is 2.23. The number of halogens is 2. The van der Waals surface area contributed by atoms with Gasteiger partial charge in [-0.3, -0.25) is 9.59 Å². The Kier molecular flexibility index (Phi) is 6.13. The molecule has 27 heavy (non-hydrogen) atoms. The van der Waals surface area contributed by atoms with Crippen LogP contribution >= 0.6 is 31.9 Å². The summed E-state index contributed by atoms with van der Waals surface area (Å²) in [4.78, 5) is 24.5. The van der Waals surface area contributed by atoms with E-state index >= 15 is 0 Å². The van der Waals surface area contributed by atoms with Crippen LogP contribution in [0.15, 0.2) is 74.2 Å². The van der Waals surface area contributed by atoms with E-state index in [2.05, 4.69) is 42.5 Å². The van der Waals surface area contributed by atoms with Crippen molar-refractivity contribution in [3.8, 4) is 0 Å². The molecule has 0 aliphatic carbocycles. The van der Waals surface area contributed by atoms with Crippen molar-refractivity contribution >= 4 is 49.4 Å². The Morgan fingerprint density at radius 1 is 0.926 bits per heavy atom. The van der Waals surface area contributed by atoms with E-state index in [1.807, 2.05) is 31.2 Å². The predicted octanol–water partition coefficient (Wildman–Crippen LogP) is 5.55. The summed E-state index contributed by atoms with van der Waals surface area (Å²) >= 11 is 6.65. The topological polar surface area (TPSA) is 71.3 Å². The lowest BCUT2D eigenvalue weighted by Crippen LogP contribution is -2.26. The maximum atomic E-state index is 12.5. The number of benzene rings is 2. The molecule has 1 aromatic heterocycles. The van der Waals surface area contributed by atoms with Gasteiger partial charge < -0.3 is 15.1 Å². The summed E-state index contributed by atoms with van der Waals surface area (Å²) in [5, 5.41) is 5.69. The van der Waals surface area contributed by atoms with Crippen LogP contribution in [-0.4, -0.2) is 11.8 Å². The zero-order chi connectivity index (χ0) is 19.4. The molecule has 1 unspecified atom stereocenters. The molecule has 1 heterocycles. The summed E-state index contributed by atoms with van der Waals surface area (Å²) < 4.78 is 6.64. The van der Waals surface area contributed by atoms with Gasteiger partial charge in [0.25, 0.3) is 11.8 Å². The van der Waals surface area contributed by atoms with Gasteiger partial charge in [-0.25, -0.2) is 0 Å². The van der Waals surface area contributed by atoms with Crippen LogP contribution in [0.25, 0.3) is 0 Å². The van der Waals surface area contributed by atoms with Gasteiger partial charge >= 0.3 is 0 Å². The quantitative estimate of drug-likeness (QED) is 0.491. The molecule has 0 saturated heterocycles. The second kappa shape index (κ2) is 8.54. The number of furan rings is 1. The Balaban J connectivity index is 1.63. The van der Waals surface area contributed by atoms with Crippen molar-refractivity contribution < 1.29 is 14.0 Å². The molecular formula is C20H16Br2N2O3. The Morgan fingerprint density at radius 2 is 1.63 bits per heavy atom. The fraction of sp³-hybridized carbons (Fsp3) is 0.100. The molecule has 2 amide bonds. The summed E-state index contributed by atoms with van der Waals surface area (Å²) in [5.41, 5.74) is 2.08. The van der Waals surface area contributed by atoms with E-state index in [0.717, 1.165) is 10.0 Å². The minimum Gasteiger partial charge on any atom is -0.444 e. The van der Waals surface area contributed by atoms with Gasteiger partial charge in [0.1, 0.15) is 0 Å². The lowest BCUT2D eigenvalue weighted by molar-refractivity contribution is 0.0939. The first-order chi connectivity index (χ1) is 12.9. The second-order valence-electron chi connectivity index (χ2n) is 5.85. The molecule has 0 aliphatic heterocycles. The fourth-order valence-electron chi connectivity index (χ4n) is 2.52. The number of hydrogen-bond acceptors (Lipinski definition) is 3. The monoisotopic (exact) mass is 490 g/mol. The van der Waals surface area contributed by atoms with Gasteiger partial charge in [-0.2, -0.15) is 0 Å². The smallest absolute Gasteiger partial charge is 0.291 e. The average molecular weight is 492 g/mol. The highest BCUT2D eigenvalue weighted by atomic mass is 79.9. The third kappa shape index (κ3) is 4.87. The normalized spacial score (nSPS) is 11.7. The van der Waals surface area contributed by atoms with Crippen LogP contribution in [-0.2, 0) is 0 Å². The van der Waals surface area contributed by atoms with Gasteiger partial charge in [0.2, 0.25) is 0 Å². The molecule has 5 nitrogen and oxygen atoms in total. The summed E-state index contributed by atoms with van der Waals surface area (Å²) in [6.07, 6.45) is 0. The first-order valence-corrected chi connectivity index (χ1v) is 9.74. The number of carbonyl (C=O) groups excluding carboxylic acids is 2. The van der Waals surface area contributed by atoms with Crippen molar-refractivity contribution in [1.29, 1.82) is 0 Å². The molecule has 0 aliphatic rings. The maximum Gasteiger partial charge on any atom is 0.291 e. The number of hydrogen-bond donors (Lipinski definition) is 2. The van der Waals surface area contributed by atoms with Crippen LogP contribution in [0.1, 0.15) is 39.4 Å². The lowest BCUT2D eigenvalue weighted by Gasteiger charge is -2.16. The molecule has 0 bridgehead atoms. The van der Waals surface area contributed by atoms with E-state index in [9.17, 15) is 9.59 Å². The highest BCUT2D eigenvalue weighted by Gasteiger charge is 2.14. The fourth-order valence-corrected chi connectivity index (χ4v) is 3.45. The van der Waals surface area contributed by atoms with Gasteiger partial charge in [-0.05, 0) is 70.9 Å². The van der Waals surface area contributed by atoms with E-state index < -0.39 is 0 Å². The standard InChI is InChI=1S/C20H16Br2N2O3/c1-12(15-4-2-3-5-16(15)21)23-19(25)13-6-8-14(9-7-13)24-20(26)17-10-11-18(22)27-17/h2-12H,1H3,(H,23,25)(H,24,26). The van der Waals surface area contributed by atoms with E-state index in [0.29, 0.717) is 15.9 Å². The summed E-state index contributed by atoms with van der Waals surface area (Å²) in [6, 6.07) is 17.5. The van der Waals surface area contributed by atoms with Crippen molar-refractivity contribution in [3.63, 3.8) is 0 Å². The van der Waals surface area contributed by atoms with E-state index in [4.69, 9.17) is 4.42 Å². The molecule has 3 aromatic rings. The van der Waals surface area contributed by atoms with Crippen molar-refractivity contribution in [1.82, 2.24) is 5.32 Å². The molecule has 1 atom stereocenters. The van der Waals surface area contributed by atoms with Crippen LogP contribution in [0.5, 0.6) is 0 Å². The molecule has 2 N–H and O–H groups in total. The van der Waals surface area contributed by atoms with Gasteiger partial charge in [0, 0.05) is 15.7 Å². The first-order valence-electron chi connectivity index (χ1n) is 8.16. The average Bonchev–Trinajstić information content (AvgIpc) is 3.09. The summed E-state index contributed by atoms with van der Waals surface area (Å²) in [7, 11) is 0. The Bertz CT molecular complexity index is 967. The second-order valence-corrected chi connectivity index (χ2v) is 7.49. The minimum atomic E-state index is -0.361. The summed E-state index contributed by atoms with van der Waals surface area (Å²) in [6.45, 7) is 1.92. The number of carbonyl (C=O) groups is 2. The zero-order valence-corrected chi connectivity index (χ0v) is 17.5. The van der Waals surface area contributed by atoms with Crippen molar-refractivity contribution in [3.05, 3.63) is 86.7 Å². The predicted molar refractivity (Wildman–Crippen MR) is 111 cm³/mol. The zero-order valence-electron chi connectivity index (χ0n) is 14.3. The van der Waals surface area contributed by atoms with Crippen LogP contribution in [0.3, 0.4) is 0 Å². The SMILES string of the molecule is CC(NC(=O)c1ccc(NC(=O)c2ccc(Br)o2)cc1)c1ccccc1Br. The molecular weight excluding hydrogens is 476 g/mol. The molecule has 2 aromatic carbocycles. The minimum absolute atomic E-state index is 0.148. The van der Waals surface area contributed by atoms with Gasteiger partial charge in [0.05, 0.1) is 6.04 Å². The first kappa shape index (κ1) is 19.4. The molecule has 0 saturated carbocycles. The van der Waals surface area contributed by atoms with E-state index in [1.54, 1.807) is 36.4 Å². The number of anilines is 1. The lowest BCUT2D eigenvalue weighted by atomic mass is 10.1. The molecule has 3 rings (SSSR count). The third-order valence-electron chi connectivity index (χ3n) is 3.92. The van der Waals surface area contributed by atoms with E-state index in [-0.39, 0.29) is 23.6 Å². The molecule has 0 fully saturated rings. The van der Waals surface area contributed by atoms with Crippen LogP contribution < -0.4 is 10.6 Å². The van der Waals surface area contributed by atoms with Crippen LogP contribution in [0, 0.1) is 0 Å². The van der Waals surface area contributed by atoms with Crippen LogP contribution in [0.4, 0.5) is 5.69 Å². The van der Waals surface area contributed by atoms with Gasteiger partial charge in [-0.1, -0.05) is 34.1 Å². The molecule has 138 valence electrons. The molecule has 0 spiro atoms. The highest BCUT2D eigenvalue weighted by molar-refractivity contribution is 9.10. The number of rotatable bonds is 5. The summed E-state index contributed by atoms with van der Waals surface area (Å²) in [5.74, 6) is -0.350. The van der Waals surface area contributed by atoms with Crippen LogP contribution in [0.2, 0.25) is 0 Å². The Morgan fingerprint density at radius 3 is 2.26 bits per heavy atom. The van der Waals surface area contributed by atoms with Crippen molar-refractivity contribution in [2.24, 2.45) is 0 Å². The van der Waals surface area contributed by atoms with Crippen molar-refractivity contribution in [2.45, 2.75) is 13.0 Å². The van der Waals surface area contributed by atoms with Gasteiger partial charge in [0.15, 0.2) is 10.4 Å². The molecule has 0 radical (unpaired) electrons. The number of amides is 2. The van der Waals surface area contributed by atoms with Gasteiger partial charge in [-0.15, -0.1) is 0 Å². The molecule has 7 heteroatoms. The largest absolute Gasteiger partial charge is 0.444 e. The van der Waals surface area contributed by atoms with Crippen molar-refractivity contribution in [2.75, 3.05) is 5.32 Å². The van der Waals surface area contributed by atoms with E-state index in [1.165, 1.54) is 0 Å². The third-order valence-corrected chi connectivity index (χ3v) is 5.07. The number of nitrogens with one attached hydrogen (secondary N) is 2. The maximum absolute atomic E-state index is 12.5. The Hall–Kier alpha value is -2.38.